The molecule has 0 spiro atoms. The molecule has 1 atom stereocenters. The molecular formula is C10H15F3S. The number of halogens is 3. The van der Waals surface area contributed by atoms with Crippen LogP contribution >= 0.6 is 11.8 Å². The third kappa shape index (κ3) is 3.23. The lowest BCUT2D eigenvalue weighted by molar-refractivity contribution is -0.0326. The van der Waals surface area contributed by atoms with Gasteiger partial charge in [0, 0.05) is 5.75 Å². The predicted molar refractivity (Wildman–Crippen MR) is 54.2 cm³/mol. The Morgan fingerprint density at radius 1 is 1.43 bits per heavy atom. The third-order valence-corrected chi connectivity index (χ3v) is 3.54. The molecule has 0 bridgehead atoms. The second kappa shape index (κ2) is 4.60. The molecule has 0 saturated heterocycles. The summed E-state index contributed by atoms with van der Waals surface area (Å²) in [6.07, 6.45) is 2.78. The molecule has 0 radical (unpaired) electrons. The molecule has 0 nitrogen and oxygen atoms in total. The smallest absolute Gasteiger partial charge is 0.160 e. The number of thioether (sulfide) groups is 1. The molecular weight excluding hydrogens is 209 g/mol. The van der Waals surface area contributed by atoms with Crippen molar-refractivity contribution in [3.8, 4) is 0 Å². The molecule has 1 unspecified atom stereocenters. The van der Waals surface area contributed by atoms with E-state index in [-0.39, 0.29) is 17.5 Å². The van der Waals surface area contributed by atoms with Gasteiger partial charge in [-0.25, -0.2) is 0 Å². The third-order valence-electron chi connectivity index (χ3n) is 2.72. The van der Waals surface area contributed by atoms with E-state index in [1.165, 1.54) is 5.57 Å². The first-order valence-corrected chi connectivity index (χ1v) is 5.84. The highest BCUT2D eigenvalue weighted by Crippen LogP contribution is 2.39. The van der Waals surface area contributed by atoms with Gasteiger partial charge in [-0.05, 0) is 36.9 Å². The van der Waals surface area contributed by atoms with E-state index in [0.717, 1.165) is 24.8 Å². The fourth-order valence-corrected chi connectivity index (χ4v) is 2.67. The van der Waals surface area contributed by atoms with Crippen molar-refractivity contribution >= 4 is 11.8 Å². The van der Waals surface area contributed by atoms with Gasteiger partial charge in [0.1, 0.15) is 0 Å². The predicted octanol–water partition coefficient (Wildman–Crippen LogP) is 4.38. The van der Waals surface area contributed by atoms with Crippen molar-refractivity contribution in [3.05, 3.63) is 11.1 Å². The van der Waals surface area contributed by atoms with Gasteiger partial charge in [0.25, 0.3) is 0 Å². The van der Waals surface area contributed by atoms with Crippen molar-refractivity contribution in [1.29, 1.82) is 0 Å². The number of hydrogen-bond acceptors (Lipinski definition) is 1. The van der Waals surface area contributed by atoms with E-state index in [2.05, 4.69) is 6.92 Å². The molecule has 14 heavy (non-hydrogen) atoms. The fourth-order valence-electron chi connectivity index (χ4n) is 2.01. The quantitative estimate of drug-likeness (QED) is 0.641. The SMILES string of the molecule is CCC1=C(CSC(F)(F)F)CCC1C. The van der Waals surface area contributed by atoms with Crippen molar-refractivity contribution < 1.29 is 13.2 Å². The van der Waals surface area contributed by atoms with Crippen LogP contribution in [-0.2, 0) is 0 Å². The molecule has 1 aliphatic rings. The van der Waals surface area contributed by atoms with E-state index >= 15 is 0 Å². The lowest BCUT2D eigenvalue weighted by atomic mass is 10.0. The summed E-state index contributed by atoms with van der Waals surface area (Å²) in [7, 11) is 0. The second-order valence-corrected chi connectivity index (χ2v) is 4.70. The molecule has 0 N–H and O–H groups in total. The van der Waals surface area contributed by atoms with Crippen LogP contribution in [0.2, 0.25) is 0 Å². The van der Waals surface area contributed by atoms with E-state index in [4.69, 9.17) is 0 Å². The number of allylic oxidation sites excluding steroid dienone is 1. The largest absolute Gasteiger partial charge is 0.442 e. The Hall–Kier alpha value is -0.120. The molecule has 0 aromatic rings. The average molecular weight is 224 g/mol. The monoisotopic (exact) mass is 224 g/mol. The lowest BCUT2D eigenvalue weighted by Crippen LogP contribution is -2.03. The standard InChI is InChI=1S/C10H15F3S/c1-3-9-7(2)4-5-8(9)6-14-10(11,12)13/h7H,3-6H2,1-2H3. The highest BCUT2D eigenvalue weighted by Gasteiger charge is 2.30. The molecule has 1 rings (SSSR count). The van der Waals surface area contributed by atoms with Crippen LogP contribution in [0.5, 0.6) is 0 Å². The average Bonchev–Trinajstić information content (AvgIpc) is 2.41. The highest BCUT2D eigenvalue weighted by molar-refractivity contribution is 8.00. The van der Waals surface area contributed by atoms with Crippen molar-refractivity contribution in [2.24, 2.45) is 5.92 Å². The van der Waals surface area contributed by atoms with E-state index in [9.17, 15) is 13.2 Å². The van der Waals surface area contributed by atoms with Gasteiger partial charge in [-0.15, -0.1) is 0 Å². The van der Waals surface area contributed by atoms with Gasteiger partial charge < -0.3 is 0 Å². The summed E-state index contributed by atoms with van der Waals surface area (Å²) < 4.78 is 35.9. The minimum Gasteiger partial charge on any atom is -0.160 e. The minimum absolute atomic E-state index is 0.0941. The lowest BCUT2D eigenvalue weighted by Gasteiger charge is -2.09. The summed E-state index contributed by atoms with van der Waals surface area (Å²) >= 11 is 0.0941. The van der Waals surface area contributed by atoms with E-state index < -0.39 is 5.51 Å². The van der Waals surface area contributed by atoms with Crippen LogP contribution in [0.4, 0.5) is 13.2 Å². The van der Waals surface area contributed by atoms with Crippen LogP contribution in [-0.4, -0.2) is 11.3 Å². The summed E-state index contributed by atoms with van der Waals surface area (Å²) in [5.74, 6) is 0.626. The van der Waals surface area contributed by atoms with E-state index in [0.29, 0.717) is 5.92 Å². The zero-order chi connectivity index (χ0) is 10.8. The maximum atomic E-state index is 12.0. The molecule has 0 heterocycles. The molecule has 0 amide bonds. The molecule has 0 fully saturated rings. The summed E-state index contributed by atoms with van der Waals surface area (Å²) in [4.78, 5) is 0. The van der Waals surface area contributed by atoms with Crippen molar-refractivity contribution in [1.82, 2.24) is 0 Å². The maximum Gasteiger partial charge on any atom is 0.442 e. The van der Waals surface area contributed by atoms with Crippen molar-refractivity contribution in [3.63, 3.8) is 0 Å². The topological polar surface area (TPSA) is 0 Å². The first kappa shape index (κ1) is 12.0. The minimum atomic E-state index is -4.09. The van der Waals surface area contributed by atoms with Crippen LogP contribution < -0.4 is 0 Å². The highest BCUT2D eigenvalue weighted by atomic mass is 32.2. The van der Waals surface area contributed by atoms with Crippen molar-refractivity contribution in [2.75, 3.05) is 5.75 Å². The van der Waals surface area contributed by atoms with Crippen molar-refractivity contribution in [2.45, 2.75) is 38.6 Å². The molecule has 0 aliphatic heterocycles. The van der Waals surface area contributed by atoms with Crippen LogP contribution in [0, 0.1) is 5.92 Å². The Bertz CT molecular complexity index is 230. The Morgan fingerprint density at radius 2 is 2.07 bits per heavy atom. The molecule has 82 valence electrons. The van der Waals surface area contributed by atoms with Gasteiger partial charge in [0.05, 0.1) is 0 Å². The molecule has 4 heteroatoms. The zero-order valence-corrected chi connectivity index (χ0v) is 9.26. The van der Waals surface area contributed by atoms with Gasteiger partial charge >= 0.3 is 5.51 Å². The van der Waals surface area contributed by atoms with Gasteiger partial charge in [0.2, 0.25) is 0 Å². The van der Waals surface area contributed by atoms with Crippen LogP contribution in [0.25, 0.3) is 0 Å². The zero-order valence-electron chi connectivity index (χ0n) is 8.45. The number of hydrogen-bond donors (Lipinski definition) is 0. The first-order valence-electron chi connectivity index (χ1n) is 4.85. The van der Waals surface area contributed by atoms with E-state index in [1.54, 1.807) is 0 Å². The molecule has 0 aromatic carbocycles. The number of rotatable bonds is 3. The van der Waals surface area contributed by atoms with Gasteiger partial charge in [-0.3, -0.25) is 0 Å². The van der Waals surface area contributed by atoms with Gasteiger partial charge in [0.15, 0.2) is 0 Å². The van der Waals surface area contributed by atoms with Crippen LogP contribution in [0.1, 0.15) is 33.1 Å². The second-order valence-electron chi connectivity index (χ2n) is 3.66. The fraction of sp³-hybridized carbons (Fsp3) is 0.800. The molecule has 0 aromatic heterocycles. The van der Waals surface area contributed by atoms with Crippen LogP contribution in [0.3, 0.4) is 0 Å². The van der Waals surface area contributed by atoms with Gasteiger partial charge in [-0.1, -0.05) is 25.0 Å². The molecule has 1 aliphatic carbocycles. The normalized spacial score (nSPS) is 23.4. The van der Waals surface area contributed by atoms with Gasteiger partial charge in [-0.2, -0.15) is 13.2 Å². The Labute approximate surface area is 86.9 Å². The summed E-state index contributed by atoms with van der Waals surface area (Å²) in [6, 6.07) is 0. The van der Waals surface area contributed by atoms with E-state index in [1.807, 2.05) is 6.92 Å². The Kier molecular flexibility index (Phi) is 3.93. The maximum absolute atomic E-state index is 12.0. The number of alkyl halides is 3. The summed E-state index contributed by atoms with van der Waals surface area (Å²) in [5.41, 5.74) is -1.80. The summed E-state index contributed by atoms with van der Waals surface area (Å²) in [6.45, 7) is 4.12. The van der Waals surface area contributed by atoms with Crippen LogP contribution in [0.15, 0.2) is 11.1 Å². The first-order chi connectivity index (χ1) is 6.44. The Morgan fingerprint density at radius 3 is 2.57 bits per heavy atom. The molecule has 0 saturated carbocycles. The summed E-state index contributed by atoms with van der Waals surface area (Å²) in [5, 5.41) is 0. The Balaban J connectivity index is 2.55.